The summed E-state index contributed by atoms with van der Waals surface area (Å²) in [5.41, 5.74) is -1.23. The topological polar surface area (TPSA) is 29.1 Å². The normalized spacial score (nSPS) is 11.6. The molecule has 0 aromatic heterocycles. The lowest BCUT2D eigenvalue weighted by Crippen LogP contribution is -2.29. The SMILES string of the molecule is CC(C)CNC(=O)c1ccccc1C(F)(F)F. The van der Waals surface area contributed by atoms with Crippen LogP contribution in [0.3, 0.4) is 0 Å². The molecule has 0 saturated heterocycles. The molecule has 1 amide bonds. The summed E-state index contributed by atoms with van der Waals surface area (Å²) in [6.45, 7) is 4.09. The summed E-state index contributed by atoms with van der Waals surface area (Å²) in [5.74, 6) is -0.497. The lowest BCUT2D eigenvalue weighted by atomic mass is 10.1. The first-order valence-corrected chi connectivity index (χ1v) is 5.26. The molecule has 0 saturated carbocycles. The van der Waals surface area contributed by atoms with E-state index in [1.54, 1.807) is 0 Å². The summed E-state index contributed by atoms with van der Waals surface area (Å²) in [7, 11) is 0. The second-order valence-electron chi connectivity index (χ2n) is 4.15. The lowest BCUT2D eigenvalue weighted by molar-refractivity contribution is -0.137. The highest BCUT2D eigenvalue weighted by Crippen LogP contribution is 2.31. The van der Waals surface area contributed by atoms with Crippen LogP contribution in [0.2, 0.25) is 0 Å². The highest BCUT2D eigenvalue weighted by atomic mass is 19.4. The van der Waals surface area contributed by atoms with Crippen molar-refractivity contribution in [2.24, 2.45) is 5.92 Å². The average Bonchev–Trinajstić information content (AvgIpc) is 2.24. The van der Waals surface area contributed by atoms with E-state index in [0.717, 1.165) is 6.07 Å². The number of hydrogen-bond donors (Lipinski definition) is 1. The first kappa shape index (κ1) is 13.5. The molecule has 0 bridgehead atoms. The molecule has 0 heterocycles. The minimum atomic E-state index is -4.51. The molecule has 5 heteroatoms. The Labute approximate surface area is 97.8 Å². The van der Waals surface area contributed by atoms with E-state index < -0.39 is 17.6 Å². The van der Waals surface area contributed by atoms with Crippen molar-refractivity contribution in [1.29, 1.82) is 0 Å². The van der Waals surface area contributed by atoms with Crippen LogP contribution in [0.25, 0.3) is 0 Å². The number of rotatable bonds is 3. The van der Waals surface area contributed by atoms with Crippen LogP contribution in [0.1, 0.15) is 29.8 Å². The molecule has 2 nitrogen and oxygen atoms in total. The Bertz CT molecular complexity index is 399. The molecule has 1 rings (SSSR count). The minimum absolute atomic E-state index is 0.192. The number of alkyl halides is 3. The zero-order valence-corrected chi connectivity index (χ0v) is 9.64. The zero-order valence-electron chi connectivity index (χ0n) is 9.64. The van der Waals surface area contributed by atoms with Gasteiger partial charge in [0.15, 0.2) is 0 Å². The van der Waals surface area contributed by atoms with E-state index in [2.05, 4.69) is 5.32 Å². The molecule has 1 aromatic rings. The fourth-order valence-corrected chi connectivity index (χ4v) is 1.32. The summed E-state index contributed by atoms with van der Waals surface area (Å²) in [5, 5.41) is 2.47. The number of carbonyl (C=O) groups excluding carboxylic acids is 1. The third kappa shape index (κ3) is 3.76. The maximum absolute atomic E-state index is 12.6. The number of nitrogens with one attached hydrogen (secondary N) is 1. The third-order valence-electron chi connectivity index (χ3n) is 2.15. The summed E-state index contributed by atoms with van der Waals surface area (Å²) >= 11 is 0. The van der Waals surface area contributed by atoms with Gasteiger partial charge in [-0.05, 0) is 18.1 Å². The number of benzene rings is 1. The molecule has 0 aliphatic heterocycles. The van der Waals surface area contributed by atoms with Crippen molar-refractivity contribution in [3.63, 3.8) is 0 Å². The Balaban J connectivity index is 2.94. The van der Waals surface area contributed by atoms with Crippen molar-refractivity contribution in [1.82, 2.24) is 5.32 Å². The van der Waals surface area contributed by atoms with Gasteiger partial charge in [-0.3, -0.25) is 4.79 Å². The predicted molar refractivity (Wildman–Crippen MR) is 58.6 cm³/mol. The van der Waals surface area contributed by atoms with Gasteiger partial charge in [0.1, 0.15) is 0 Å². The molecule has 0 aliphatic carbocycles. The van der Waals surface area contributed by atoms with Gasteiger partial charge in [-0.2, -0.15) is 13.2 Å². The molecule has 1 N–H and O–H groups in total. The quantitative estimate of drug-likeness (QED) is 0.871. The molecular weight excluding hydrogens is 231 g/mol. The van der Waals surface area contributed by atoms with Crippen LogP contribution < -0.4 is 5.32 Å². The van der Waals surface area contributed by atoms with Gasteiger partial charge in [0.05, 0.1) is 11.1 Å². The van der Waals surface area contributed by atoms with E-state index in [4.69, 9.17) is 0 Å². The van der Waals surface area contributed by atoms with Gasteiger partial charge < -0.3 is 5.32 Å². The molecule has 0 atom stereocenters. The standard InChI is InChI=1S/C12H14F3NO/c1-8(2)7-16-11(17)9-5-3-4-6-10(9)12(13,14)15/h3-6,8H,7H2,1-2H3,(H,16,17). The van der Waals surface area contributed by atoms with Gasteiger partial charge in [-0.15, -0.1) is 0 Å². The average molecular weight is 245 g/mol. The molecule has 0 spiro atoms. The van der Waals surface area contributed by atoms with Crippen LogP contribution in [-0.2, 0) is 6.18 Å². The van der Waals surface area contributed by atoms with Crippen LogP contribution >= 0.6 is 0 Å². The first-order chi connectivity index (χ1) is 7.82. The maximum atomic E-state index is 12.6. The van der Waals surface area contributed by atoms with Crippen molar-refractivity contribution in [2.45, 2.75) is 20.0 Å². The summed E-state index contributed by atoms with van der Waals surface area (Å²) < 4.78 is 37.9. The summed E-state index contributed by atoms with van der Waals surface area (Å²) in [6, 6.07) is 4.77. The Kier molecular flexibility index (Phi) is 4.15. The van der Waals surface area contributed by atoms with Gasteiger partial charge in [0.25, 0.3) is 5.91 Å². The monoisotopic (exact) mass is 245 g/mol. The fraction of sp³-hybridized carbons (Fsp3) is 0.417. The molecule has 0 radical (unpaired) electrons. The molecule has 0 unspecified atom stereocenters. The second-order valence-corrected chi connectivity index (χ2v) is 4.15. The van der Waals surface area contributed by atoms with Crippen LogP contribution in [0.15, 0.2) is 24.3 Å². The molecule has 17 heavy (non-hydrogen) atoms. The van der Waals surface area contributed by atoms with Gasteiger partial charge in [0.2, 0.25) is 0 Å². The van der Waals surface area contributed by atoms with Gasteiger partial charge in [-0.1, -0.05) is 26.0 Å². The molecular formula is C12H14F3NO. The Hall–Kier alpha value is -1.52. The van der Waals surface area contributed by atoms with E-state index >= 15 is 0 Å². The number of halogens is 3. The molecule has 0 fully saturated rings. The van der Waals surface area contributed by atoms with Crippen LogP contribution in [0, 0.1) is 5.92 Å². The number of amides is 1. The van der Waals surface area contributed by atoms with E-state index in [9.17, 15) is 18.0 Å². The predicted octanol–water partition coefficient (Wildman–Crippen LogP) is 3.09. The van der Waals surface area contributed by atoms with Crippen molar-refractivity contribution in [3.05, 3.63) is 35.4 Å². The Morgan fingerprint density at radius 3 is 2.41 bits per heavy atom. The van der Waals surface area contributed by atoms with Crippen LogP contribution in [0.5, 0.6) is 0 Å². The smallest absolute Gasteiger partial charge is 0.352 e. The van der Waals surface area contributed by atoms with E-state index in [1.165, 1.54) is 18.2 Å². The van der Waals surface area contributed by atoms with Crippen molar-refractivity contribution in [2.75, 3.05) is 6.54 Å². The largest absolute Gasteiger partial charge is 0.417 e. The molecule has 0 aliphatic rings. The van der Waals surface area contributed by atoms with Crippen molar-refractivity contribution in [3.8, 4) is 0 Å². The Morgan fingerprint density at radius 1 is 1.29 bits per heavy atom. The third-order valence-corrected chi connectivity index (χ3v) is 2.15. The van der Waals surface area contributed by atoms with E-state index in [1.807, 2.05) is 13.8 Å². The molecule has 94 valence electrons. The maximum Gasteiger partial charge on any atom is 0.417 e. The van der Waals surface area contributed by atoms with Gasteiger partial charge >= 0.3 is 6.18 Å². The summed E-state index contributed by atoms with van der Waals surface area (Å²) in [4.78, 5) is 11.6. The van der Waals surface area contributed by atoms with Crippen LogP contribution in [-0.4, -0.2) is 12.5 Å². The minimum Gasteiger partial charge on any atom is -0.352 e. The van der Waals surface area contributed by atoms with Crippen LogP contribution in [0.4, 0.5) is 13.2 Å². The highest BCUT2D eigenvalue weighted by Gasteiger charge is 2.34. The first-order valence-electron chi connectivity index (χ1n) is 5.26. The number of hydrogen-bond acceptors (Lipinski definition) is 1. The zero-order chi connectivity index (χ0) is 13.1. The van der Waals surface area contributed by atoms with E-state index in [-0.39, 0.29) is 11.5 Å². The second kappa shape index (κ2) is 5.21. The van der Waals surface area contributed by atoms with Crippen molar-refractivity contribution < 1.29 is 18.0 Å². The van der Waals surface area contributed by atoms with E-state index in [0.29, 0.717) is 6.54 Å². The Morgan fingerprint density at radius 2 is 1.88 bits per heavy atom. The molecule has 1 aromatic carbocycles. The van der Waals surface area contributed by atoms with Crippen molar-refractivity contribution >= 4 is 5.91 Å². The van der Waals surface area contributed by atoms with Gasteiger partial charge in [-0.25, -0.2) is 0 Å². The highest BCUT2D eigenvalue weighted by molar-refractivity contribution is 5.95. The number of carbonyl (C=O) groups is 1. The lowest BCUT2D eigenvalue weighted by Gasteiger charge is -2.13. The fourth-order valence-electron chi connectivity index (χ4n) is 1.32. The van der Waals surface area contributed by atoms with Gasteiger partial charge in [0, 0.05) is 6.54 Å². The summed E-state index contributed by atoms with van der Waals surface area (Å²) in [6.07, 6.45) is -4.51.